The maximum absolute atomic E-state index is 14.1. The first-order valence-electron chi connectivity index (χ1n) is 14.4. The van der Waals surface area contributed by atoms with E-state index in [1.165, 1.54) is 30.5 Å². The highest BCUT2D eigenvalue weighted by atomic mass is 19.4. The summed E-state index contributed by atoms with van der Waals surface area (Å²) in [5, 5.41) is 2.10. The van der Waals surface area contributed by atoms with E-state index in [9.17, 15) is 26.7 Å². The molecule has 1 aliphatic rings. The van der Waals surface area contributed by atoms with Gasteiger partial charge in [-0.15, -0.1) is 0 Å². The average Bonchev–Trinajstić information content (AvgIpc) is 3.62. The van der Waals surface area contributed by atoms with E-state index in [4.69, 9.17) is 9.72 Å². The van der Waals surface area contributed by atoms with E-state index in [2.05, 4.69) is 29.9 Å². The molecule has 0 saturated carbocycles. The molecule has 1 atom stereocenters. The van der Waals surface area contributed by atoms with Crippen molar-refractivity contribution in [2.24, 2.45) is 7.05 Å². The van der Waals surface area contributed by atoms with E-state index in [1.54, 1.807) is 25.3 Å². The minimum atomic E-state index is -4.54. The van der Waals surface area contributed by atoms with Crippen molar-refractivity contribution in [3.05, 3.63) is 64.8 Å². The molecule has 4 heterocycles. The number of aryl methyl sites for hydroxylation is 1. The first kappa shape index (κ1) is 31.3. The number of hydrogen-bond donors (Lipinski definition) is 1. The van der Waals surface area contributed by atoms with Gasteiger partial charge in [-0.2, -0.15) is 26.9 Å². The van der Waals surface area contributed by atoms with E-state index in [0.717, 1.165) is 47.5 Å². The van der Waals surface area contributed by atoms with Crippen molar-refractivity contribution in [2.45, 2.75) is 31.7 Å². The van der Waals surface area contributed by atoms with Crippen LogP contribution in [0.25, 0.3) is 39.1 Å². The minimum absolute atomic E-state index is 0.0207. The summed E-state index contributed by atoms with van der Waals surface area (Å²) in [5.74, 6) is 0.351. The summed E-state index contributed by atoms with van der Waals surface area (Å²) in [6.07, 6.45) is -1.39. The summed E-state index contributed by atoms with van der Waals surface area (Å²) in [7, 11) is 3.62. The van der Waals surface area contributed by atoms with Gasteiger partial charge in [0, 0.05) is 45.8 Å². The lowest BCUT2D eigenvalue weighted by molar-refractivity contribution is -0.115. The zero-order valence-electron chi connectivity index (χ0n) is 24.8. The number of methoxy groups -OCH3 is 1. The summed E-state index contributed by atoms with van der Waals surface area (Å²) < 4.78 is 77.0. The highest BCUT2D eigenvalue weighted by Crippen LogP contribution is 2.26. The van der Waals surface area contributed by atoms with Gasteiger partial charge in [-0.05, 0) is 42.8 Å². The van der Waals surface area contributed by atoms with Gasteiger partial charge in [-0.25, -0.2) is 15.0 Å². The molecule has 0 aliphatic carbocycles. The van der Waals surface area contributed by atoms with Crippen LogP contribution < -0.4 is 15.6 Å². The number of nitrogens with one attached hydrogen (secondary N) is 1. The molecular formula is C30H29F5N8O3. The lowest BCUT2D eigenvalue weighted by Gasteiger charge is -2.15. The standard InChI is InChI=1S/C30H29F5N8O3/c1-41-23-13-17(3-8-21(23)38-24(41)10-12-42-11-9-20(15-42)45-2)25-27(44)43(18-4-6-19(7-5-18)46-28(31)32)26-22(39-25)14-36-29(40-26)37-16-30(33,34)35/h3-8,13-14,20,28H,9-12,15-16H2,1-2H3,(H,36,37,40). The van der Waals surface area contributed by atoms with Crippen LogP contribution in [-0.2, 0) is 18.2 Å². The second-order valence-electron chi connectivity index (χ2n) is 10.8. The molecule has 1 N–H and O–H groups in total. The molecule has 0 spiro atoms. The van der Waals surface area contributed by atoms with Crippen LogP contribution in [-0.4, -0.2) is 86.2 Å². The third-order valence-electron chi connectivity index (χ3n) is 7.83. The van der Waals surface area contributed by atoms with E-state index in [1.807, 2.05) is 11.6 Å². The number of likely N-dealkylation sites (tertiary alicyclic amines) is 1. The number of ether oxygens (including phenoxy) is 2. The van der Waals surface area contributed by atoms with Crippen LogP contribution >= 0.6 is 0 Å². The molecule has 16 heteroatoms. The van der Waals surface area contributed by atoms with Gasteiger partial charge in [0.25, 0.3) is 5.56 Å². The first-order chi connectivity index (χ1) is 22.0. The number of halogens is 5. The Kier molecular flexibility index (Phi) is 8.57. The molecule has 1 unspecified atom stereocenters. The maximum Gasteiger partial charge on any atom is 0.405 e. The predicted molar refractivity (Wildman–Crippen MR) is 159 cm³/mol. The highest BCUT2D eigenvalue weighted by molar-refractivity contribution is 5.83. The van der Waals surface area contributed by atoms with Crippen LogP contribution in [0.4, 0.5) is 27.9 Å². The SMILES string of the molecule is COC1CCN(CCc2nc3ccc(-c4nc5cnc(NCC(F)(F)F)nc5n(-c5ccc(OC(F)F)cc5)c4=O)cc3n2C)C1. The molecule has 2 aromatic carbocycles. The van der Waals surface area contributed by atoms with Gasteiger partial charge in [0.1, 0.15) is 29.3 Å². The van der Waals surface area contributed by atoms with Crippen molar-refractivity contribution in [3.63, 3.8) is 0 Å². The fourth-order valence-electron chi connectivity index (χ4n) is 5.51. The van der Waals surface area contributed by atoms with Gasteiger partial charge in [0.2, 0.25) is 5.95 Å². The monoisotopic (exact) mass is 644 g/mol. The number of rotatable bonds is 10. The molecule has 0 amide bonds. The van der Waals surface area contributed by atoms with Crippen LogP contribution in [0, 0.1) is 0 Å². The van der Waals surface area contributed by atoms with Gasteiger partial charge in [-0.3, -0.25) is 9.36 Å². The van der Waals surface area contributed by atoms with Crippen molar-refractivity contribution in [3.8, 4) is 22.7 Å². The van der Waals surface area contributed by atoms with Gasteiger partial charge in [0.05, 0.1) is 29.0 Å². The van der Waals surface area contributed by atoms with Crippen LogP contribution in [0.2, 0.25) is 0 Å². The smallest absolute Gasteiger partial charge is 0.405 e. The zero-order chi connectivity index (χ0) is 32.6. The van der Waals surface area contributed by atoms with E-state index >= 15 is 0 Å². The van der Waals surface area contributed by atoms with Crippen molar-refractivity contribution < 1.29 is 31.4 Å². The van der Waals surface area contributed by atoms with Crippen LogP contribution in [0.3, 0.4) is 0 Å². The summed E-state index contributed by atoms with van der Waals surface area (Å²) >= 11 is 0. The Morgan fingerprint density at radius 1 is 1.07 bits per heavy atom. The topological polar surface area (TPSA) is 112 Å². The number of aromatic nitrogens is 6. The third kappa shape index (κ3) is 6.62. The first-order valence-corrected chi connectivity index (χ1v) is 14.4. The molecule has 5 aromatic rings. The molecule has 0 bridgehead atoms. The van der Waals surface area contributed by atoms with Crippen molar-refractivity contribution in [1.82, 2.24) is 34.0 Å². The summed E-state index contributed by atoms with van der Waals surface area (Å²) in [4.78, 5) is 33.8. The number of benzene rings is 2. The van der Waals surface area contributed by atoms with Gasteiger partial charge in [0.15, 0.2) is 5.65 Å². The molecule has 3 aromatic heterocycles. The summed E-state index contributed by atoms with van der Waals surface area (Å²) in [6, 6.07) is 10.5. The van der Waals surface area contributed by atoms with Crippen molar-refractivity contribution >= 4 is 28.1 Å². The molecule has 46 heavy (non-hydrogen) atoms. The van der Waals surface area contributed by atoms with Gasteiger partial charge >= 0.3 is 12.8 Å². The molecule has 6 rings (SSSR count). The summed E-state index contributed by atoms with van der Waals surface area (Å²) in [5.41, 5.74) is 1.57. The number of fused-ring (bicyclic) bond motifs is 2. The molecule has 1 fully saturated rings. The van der Waals surface area contributed by atoms with Crippen LogP contribution in [0.1, 0.15) is 12.2 Å². The molecular weight excluding hydrogens is 615 g/mol. The Bertz CT molecular complexity index is 1930. The lowest BCUT2D eigenvalue weighted by Crippen LogP contribution is -2.25. The number of nitrogens with zero attached hydrogens (tertiary/aromatic N) is 7. The second kappa shape index (κ2) is 12.6. The lowest BCUT2D eigenvalue weighted by atomic mass is 10.1. The zero-order valence-corrected chi connectivity index (χ0v) is 24.8. The normalized spacial score (nSPS) is 15.8. The molecule has 0 radical (unpaired) electrons. The molecule has 1 aliphatic heterocycles. The van der Waals surface area contributed by atoms with Gasteiger partial charge in [-0.1, -0.05) is 6.07 Å². The van der Waals surface area contributed by atoms with Crippen LogP contribution in [0.5, 0.6) is 5.75 Å². The van der Waals surface area contributed by atoms with Crippen molar-refractivity contribution in [2.75, 3.05) is 38.6 Å². The van der Waals surface area contributed by atoms with Gasteiger partial charge < -0.3 is 24.3 Å². The predicted octanol–water partition coefficient (Wildman–Crippen LogP) is 4.57. The fraction of sp³-hybridized carbons (Fsp3) is 0.367. The van der Waals surface area contributed by atoms with E-state index in [0.29, 0.717) is 12.0 Å². The molecule has 242 valence electrons. The number of imidazole rings is 1. The Hall–Kier alpha value is -4.70. The number of alkyl halides is 5. The molecule has 1 saturated heterocycles. The largest absolute Gasteiger partial charge is 0.435 e. The third-order valence-corrected chi connectivity index (χ3v) is 7.83. The quantitative estimate of drug-likeness (QED) is 0.219. The van der Waals surface area contributed by atoms with E-state index < -0.39 is 24.9 Å². The van der Waals surface area contributed by atoms with Crippen LogP contribution in [0.15, 0.2) is 53.5 Å². The highest BCUT2D eigenvalue weighted by Gasteiger charge is 2.27. The second-order valence-corrected chi connectivity index (χ2v) is 10.8. The van der Waals surface area contributed by atoms with E-state index in [-0.39, 0.29) is 40.3 Å². The minimum Gasteiger partial charge on any atom is -0.435 e. The Balaban J connectivity index is 1.40. The fourth-order valence-corrected chi connectivity index (χ4v) is 5.51. The Labute approximate surface area is 258 Å². The Morgan fingerprint density at radius 3 is 2.54 bits per heavy atom. The molecule has 11 nitrogen and oxygen atoms in total. The average molecular weight is 645 g/mol. The number of anilines is 1. The number of hydrogen-bond acceptors (Lipinski definition) is 9. The Morgan fingerprint density at radius 2 is 1.85 bits per heavy atom. The maximum atomic E-state index is 14.1. The summed E-state index contributed by atoms with van der Waals surface area (Å²) in [6.45, 7) is -1.80. The van der Waals surface area contributed by atoms with Crippen molar-refractivity contribution in [1.29, 1.82) is 0 Å².